The fraction of sp³-hybridized carbons (Fsp3) is 0.143. The average Bonchev–Trinajstić information content (AvgIpc) is 2.90. The third-order valence-electron chi connectivity index (χ3n) is 2.96. The Kier molecular flexibility index (Phi) is 3.48. The van der Waals surface area contributed by atoms with Crippen molar-refractivity contribution >= 4 is 21.6 Å². The molecule has 0 aromatic heterocycles. The second-order valence-electron chi connectivity index (χ2n) is 4.25. The Morgan fingerprint density at radius 1 is 1.15 bits per heavy atom. The normalized spacial score (nSPS) is 12.6. The van der Waals surface area contributed by atoms with Gasteiger partial charge in [-0.25, -0.2) is 8.78 Å². The van der Waals surface area contributed by atoms with E-state index in [1.54, 1.807) is 6.07 Å². The highest BCUT2D eigenvalue weighted by molar-refractivity contribution is 9.10. The molecule has 0 saturated heterocycles. The minimum Gasteiger partial charge on any atom is -0.454 e. The first-order valence-corrected chi connectivity index (χ1v) is 6.70. The number of anilines is 1. The Labute approximate surface area is 122 Å². The molecule has 1 aliphatic heterocycles. The summed E-state index contributed by atoms with van der Waals surface area (Å²) in [5, 5.41) is 2.92. The highest BCUT2D eigenvalue weighted by Gasteiger charge is 2.17. The van der Waals surface area contributed by atoms with Gasteiger partial charge in [0, 0.05) is 18.2 Å². The highest BCUT2D eigenvalue weighted by Crippen LogP contribution is 2.35. The summed E-state index contributed by atoms with van der Waals surface area (Å²) in [6.45, 7) is 0.532. The van der Waals surface area contributed by atoms with E-state index >= 15 is 0 Å². The number of rotatable bonds is 3. The van der Waals surface area contributed by atoms with Crippen LogP contribution in [0, 0.1) is 11.6 Å². The van der Waals surface area contributed by atoms with Gasteiger partial charge in [-0.15, -0.1) is 0 Å². The largest absolute Gasteiger partial charge is 0.454 e. The van der Waals surface area contributed by atoms with E-state index in [1.807, 2.05) is 12.1 Å². The smallest absolute Gasteiger partial charge is 0.231 e. The van der Waals surface area contributed by atoms with Crippen LogP contribution in [0.1, 0.15) is 5.56 Å². The quantitative estimate of drug-likeness (QED) is 0.853. The number of hydrogen-bond donors (Lipinski definition) is 1. The standard InChI is InChI=1S/C14H10BrF2NO2/c15-9-4-12(11(17)5-10(9)16)18-6-8-2-1-3-13-14(8)20-7-19-13/h1-5,18H,6-7H2. The predicted molar refractivity (Wildman–Crippen MR) is 73.9 cm³/mol. The topological polar surface area (TPSA) is 30.5 Å². The maximum Gasteiger partial charge on any atom is 0.231 e. The molecule has 2 aromatic carbocycles. The molecule has 0 radical (unpaired) electrons. The van der Waals surface area contributed by atoms with Gasteiger partial charge < -0.3 is 14.8 Å². The van der Waals surface area contributed by atoms with Crippen LogP contribution in [0.3, 0.4) is 0 Å². The van der Waals surface area contributed by atoms with Crippen LogP contribution in [0.25, 0.3) is 0 Å². The molecule has 2 aromatic rings. The van der Waals surface area contributed by atoms with Crippen LogP contribution in [-0.2, 0) is 6.54 Å². The first-order chi connectivity index (χ1) is 9.65. The number of hydrogen-bond acceptors (Lipinski definition) is 3. The van der Waals surface area contributed by atoms with Crippen molar-refractivity contribution in [1.29, 1.82) is 0 Å². The Hall–Kier alpha value is -1.82. The van der Waals surface area contributed by atoms with Crippen molar-refractivity contribution in [2.24, 2.45) is 0 Å². The number of ether oxygens (including phenoxy) is 2. The van der Waals surface area contributed by atoms with Gasteiger partial charge in [-0.1, -0.05) is 12.1 Å². The molecule has 104 valence electrons. The first kappa shape index (κ1) is 13.2. The number of nitrogens with one attached hydrogen (secondary N) is 1. The number of halogens is 3. The van der Waals surface area contributed by atoms with E-state index in [0.29, 0.717) is 18.0 Å². The van der Waals surface area contributed by atoms with Gasteiger partial charge in [-0.05, 0) is 28.1 Å². The summed E-state index contributed by atoms with van der Waals surface area (Å²) in [5.74, 6) is 0.0486. The summed E-state index contributed by atoms with van der Waals surface area (Å²) >= 11 is 3.03. The predicted octanol–water partition coefficient (Wildman–Crippen LogP) is 4.07. The van der Waals surface area contributed by atoms with Crippen molar-refractivity contribution in [3.8, 4) is 11.5 Å². The number of para-hydroxylation sites is 1. The lowest BCUT2D eigenvalue weighted by molar-refractivity contribution is 0.173. The van der Waals surface area contributed by atoms with E-state index in [4.69, 9.17) is 9.47 Å². The molecule has 6 heteroatoms. The third-order valence-corrected chi connectivity index (χ3v) is 3.57. The number of benzene rings is 2. The summed E-state index contributed by atoms with van der Waals surface area (Å²) in [6, 6.07) is 7.70. The Morgan fingerprint density at radius 3 is 2.85 bits per heavy atom. The van der Waals surface area contributed by atoms with E-state index in [9.17, 15) is 8.78 Å². The molecule has 3 nitrogen and oxygen atoms in total. The average molecular weight is 342 g/mol. The zero-order valence-electron chi connectivity index (χ0n) is 10.3. The summed E-state index contributed by atoms with van der Waals surface area (Å²) in [5.41, 5.74) is 1.06. The van der Waals surface area contributed by atoms with Gasteiger partial charge in [0.2, 0.25) is 6.79 Å². The maximum atomic E-state index is 13.6. The van der Waals surface area contributed by atoms with Crippen molar-refractivity contribution in [1.82, 2.24) is 0 Å². The maximum absolute atomic E-state index is 13.6. The molecule has 0 unspecified atom stereocenters. The van der Waals surface area contributed by atoms with Gasteiger partial charge in [-0.2, -0.15) is 0 Å². The van der Waals surface area contributed by atoms with Crippen molar-refractivity contribution in [2.45, 2.75) is 6.54 Å². The molecular formula is C14H10BrF2NO2. The lowest BCUT2D eigenvalue weighted by atomic mass is 10.2. The van der Waals surface area contributed by atoms with E-state index in [1.165, 1.54) is 6.07 Å². The first-order valence-electron chi connectivity index (χ1n) is 5.91. The Morgan fingerprint density at radius 2 is 2.00 bits per heavy atom. The summed E-state index contributed by atoms with van der Waals surface area (Å²) < 4.78 is 37.6. The van der Waals surface area contributed by atoms with Gasteiger partial charge in [0.1, 0.15) is 11.6 Å². The monoisotopic (exact) mass is 341 g/mol. The second-order valence-corrected chi connectivity index (χ2v) is 5.10. The molecular weight excluding hydrogens is 332 g/mol. The summed E-state index contributed by atoms with van der Waals surface area (Å²) in [7, 11) is 0. The van der Waals surface area contributed by atoms with Gasteiger partial charge >= 0.3 is 0 Å². The third kappa shape index (κ3) is 2.43. The van der Waals surface area contributed by atoms with Crippen molar-refractivity contribution in [3.05, 3.63) is 52.0 Å². The van der Waals surface area contributed by atoms with E-state index in [0.717, 1.165) is 11.6 Å². The summed E-state index contributed by atoms with van der Waals surface area (Å²) in [4.78, 5) is 0. The highest BCUT2D eigenvalue weighted by atomic mass is 79.9. The van der Waals surface area contributed by atoms with Crippen molar-refractivity contribution in [2.75, 3.05) is 12.1 Å². The molecule has 0 fully saturated rings. The van der Waals surface area contributed by atoms with Crippen molar-refractivity contribution < 1.29 is 18.3 Å². The molecule has 1 N–H and O–H groups in total. The zero-order valence-corrected chi connectivity index (χ0v) is 11.8. The molecule has 3 rings (SSSR count). The van der Waals surface area contributed by atoms with Crippen LogP contribution in [0.4, 0.5) is 14.5 Å². The lowest BCUT2D eigenvalue weighted by Gasteiger charge is -2.10. The fourth-order valence-corrected chi connectivity index (χ4v) is 2.32. The molecule has 0 bridgehead atoms. The molecule has 1 heterocycles. The minimum absolute atomic E-state index is 0.183. The van der Waals surface area contributed by atoms with Crippen LogP contribution in [0.15, 0.2) is 34.8 Å². The Bertz CT molecular complexity index is 664. The fourth-order valence-electron chi connectivity index (χ4n) is 1.98. The van der Waals surface area contributed by atoms with Crippen LogP contribution in [0.2, 0.25) is 0 Å². The van der Waals surface area contributed by atoms with Crippen LogP contribution in [-0.4, -0.2) is 6.79 Å². The lowest BCUT2D eigenvalue weighted by Crippen LogP contribution is -2.03. The van der Waals surface area contributed by atoms with Gasteiger partial charge in [0.05, 0.1) is 10.2 Å². The second kappa shape index (κ2) is 5.28. The number of fused-ring (bicyclic) bond motifs is 1. The van der Waals surface area contributed by atoms with Gasteiger partial charge in [0.15, 0.2) is 11.5 Å². The van der Waals surface area contributed by atoms with E-state index in [-0.39, 0.29) is 17.0 Å². The molecule has 0 spiro atoms. The molecule has 0 saturated carbocycles. The molecule has 20 heavy (non-hydrogen) atoms. The molecule has 0 amide bonds. The molecule has 1 aliphatic rings. The summed E-state index contributed by atoms with van der Waals surface area (Å²) in [6.07, 6.45) is 0. The zero-order chi connectivity index (χ0) is 14.1. The van der Waals surface area contributed by atoms with Crippen LogP contribution >= 0.6 is 15.9 Å². The van der Waals surface area contributed by atoms with Gasteiger partial charge in [0.25, 0.3) is 0 Å². The molecule has 0 atom stereocenters. The van der Waals surface area contributed by atoms with Crippen LogP contribution in [0.5, 0.6) is 11.5 Å². The van der Waals surface area contributed by atoms with E-state index in [2.05, 4.69) is 21.2 Å². The van der Waals surface area contributed by atoms with Crippen molar-refractivity contribution in [3.63, 3.8) is 0 Å². The van der Waals surface area contributed by atoms with Gasteiger partial charge in [-0.3, -0.25) is 0 Å². The SMILES string of the molecule is Fc1cc(F)c(NCc2cccc3c2OCO3)cc1Br. The Balaban J connectivity index is 1.81. The van der Waals surface area contributed by atoms with E-state index < -0.39 is 11.6 Å². The molecule has 0 aliphatic carbocycles. The van der Waals surface area contributed by atoms with Crippen LogP contribution < -0.4 is 14.8 Å². The minimum atomic E-state index is -0.643.